The number of aliphatic hydroxyl groups is 2. The van der Waals surface area contributed by atoms with Gasteiger partial charge < -0.3 is 44.8 Å². The minimum atomic E-state index is -1.57. The first kappa shape index (κ1) is 22.2. The summed E-state index contributed by atoms with van der Waals surface area (Å²) in [5, 5.41) is 59.2. The van der Waals surface area contributed by atoms with Crippen LogP contribution in [-0.2, 0) is 14.3 Å². The second-order valence-corrected chi connectivity index (χ2v) is 6.81. The molecular formula is C20H20O11. The Balaban J connectivity index is 1.97. The summed E-state index contributed by atoms with van der Waals surface area (Å²) >= 11 is 0. The molecule has 1 heterocycles. The monoisotopic (exact) mass is 436 g/mol. The van der Waals surface area contributed by atoms with Crippen LogP contribution in [0.2, 0.25) is 0 Å². The topological polar surface area (TPSA) is 183 Å². The van der Waals surface area contributed by atoms with Crippen molar-refractivity contribution < 1.29 is 54.4 Å². The lowest BCUT2D eigenvalue weighted by Gasteiger charge is -2.20. The van der Waals surface area contributed by atoms with Crippen molar-refractivity contribution in [3.8, 4) is 28.7 Å². The average Bonchev–Trinajstić information content (AvgIpc) is 2.95. The predicted octanol–water partition coefficient (Wildman–Crippen LogP) is 0.129. The zero-order valence-electron chi connectivity index (χ0n) is 16.1. The summed E-state index contributed by atoms with van der Waals surface area (Å²) in [5.41, 5.74) is -0.669. The van der Waals surface area contributed by atoms with Gasteiger partial charge in [0, 0.05) is 30.7 Å². The Morgan fingerprint density at radius 1 is 1.00 bits per heavy atom. The number of rotatable bonds is 6. The second-order valence-electron chi connectivity index (χ2n) is 6.81. The number of carbonyl (C=O) groups excluding carboxylic acids is 2. The lowest BCUT2D eigenvalue weighted by molar-refractivity contribution is -0.153. The molecule has 0 aliphatic carbocycles. The normalized spacial score (nSPS) is 22.8. The highest BCUT2D eigenvalue weighted by molar-refractivity contribution is 6.13. The van der Waals surface area contributed by atoms with E-state index in [1.54, 1.807) is 0 Å². The maximum Gasteiger partial charge on any atom is 0.303 e. The third kappa shape index (κ3) is 4.63. The number of hydrogen-bond acceptors (Lipinski definition) is 11. The van der Waals surface area contributed by atoms with Gasteiger partial charge in [0.1, 0.15) is 40.4 Å². The maximum absolute atomic E-state index is 12.9. The number of hydrogen-bond donors (Lipinski definition) is 6. The molecule has 0 saturated carbocycles. The summed E-state index contributed by atoms with van der Waals surface area (Å²) < 4.78 is 15.8. The van der Waals surface area contributed by atoms with Crippen LogP contribution < -0.4 is 4.74 Å². The fourth-order valence-electron chi connectivity index (χ4n) is 3.19. The van der Waals surface area contributed by atoms with Gasteiger partial charge in [-0.2, -0.15) is 0 Å². The zero-order chi connectivity index (χ0) is 22.9. The van der Waals surface area contributed by atoms with E-state index in [0.717, 1.165) is 37.3 Å². The standard InChI is InChI=1S/C20H20O11/c1-8(22)29-19-15(7-21)31-20(18(19)28)30-14-6-12(25)5-13(26)16(14)17(27)9-2-10(23)4-11(24)3-9/h2-6,15,18-21,23-26,28H,7H2,1H3. The molecule has 0 aromatic heterocycles. The fraction of sp³-hybridized carbons (Fsp3) is 0.300. The van der Waals surface area contributed by atoms with Gasteiger partial charge in [0.05, 0.1) is 6.61 Å². The van der Waals surface area contributed by atoms with Crippen LogP contribution in [-0.4, -0.2) is 73.6 Å². The van der Waals surface area contributed by atoms with E-state index in [9.17, 15) is 40.2 Å². The number of aromatic hydroxyl groups is 4. The van der Waals surface area contributed by atoms with Gasteiger partial charge in [0.2, 0.25) is 12.1 Å². The molecule has 6 N–H and O–H groups in total. The molecular weight excluding hydrogens is 416 g/mol. The number of esters is 1. The molecule has 4 atom stereocenters. The summed E-state index contributed by atoms with van der Waals surface area (Å²) in [6, 6.07) is 4.92. The summed E-state index contributed by atoms with van der Waals surface area (Å²) in [7, 11) is 0. The van der Waals surface area contributed by atoms with E-state index in [1.165, 1.54) is 0 Å². The average molecular weight is 436 g/mol. The van der Waals surface area contributed by atoms with E-state index in [-0.39, 0.29) is 5.56 Å². The molecule has 3 rings (SSSR count). The van der Waals surface area contributed by atoms with Crippen LogP contribution in [0.15, 0.2) is 30.3 Å². The van der Waals surface area contributed by atoms with Gasteiger partial charge in [0.15, 0.2) is 12.2 Å². The van der Waals surface area contributed by atoms with E-state index in [0.29, 0.717) is 0 Å². The minimum Gasteiger partial charge on any atom is -0.508 e. The molecule has 1 fully saturated rings. The number of ketones is 1. The molecule has 0 radical (unpaired) electrons. The number of carbonyl (C=O) groups is 2. The molecule has 4 unspecified atom stereocenters. The lowest BCUT2D eigenvalue weighted by Crippen LogP contribution is -2.39. The smallest absolute Gasteiger partial charge is 0.303 e. The molecule has 166 valence electrons. The molecule has 0 bridgehead atoms. The SMILES string of the molecule is CC(=O)OC1C(CO)OC(Oc2cc(O)cc(O)c2C(=O)c2cc(O)cc(O)c2)C1O. The number of aliphatic hydroxyl groups excluding tert-OH is 2. The van der Waals surface area contributed by atoms with Crippen LogP contribution in [0.1, 0.15) is 22.8 Å². The summed E-state index contributed by atoms with van der Waals surface area (Å²) in [5.74, 6) is -4.02. The summed E-state index contributed by atoms with van der Waals surface area (Å²) in [6.45, 7) is 0.485. The largest absolute Gasteiger partial charge is 0.508 e. The second kappa shape index (κ2) is 8.68. The Morgan fingerprint density at radius 3 is 2.19 bits per heavy atom. The molecule has 11 nitrogen and oxygen atoms in total. The molecule has 0 amide bonds. The molecule has 11 heteroatoms. The van der Waals surface area contributed by atoms with Crippen molar-refractivity contribution >= 4 is 11.8 Å². The Bertz CT molecular complexity index is 983. The molecule has 0 spiro atoms. The van der Waals surface area contributed by atoms with Gasteiger partial charge in [0.25, 0.3) is 0 Å². The van der Waals surface area contributed by atoms with E-state index in [2.05, 4.69) is 0 Å². The van der Waals surface area contributed by atoms with Crippen molar-refractivity contribution in [1.82, 2.24) is 0 Å². The molecule has 1 aliphatic rings. The van der Waals surface area contributed by atoms with Crippen molar-refractivity contribution in [3.63, 3.8) is 0 Å². The van der Waals surface area contributed by atoms with E-state index in [4.69, 9.17) is 14.2 Å². The van der Waals surface area contributed by atoms with Gasteiger partial charge in [-0.05, 0) is 12.1 Å². The number of benzene rings is 2. The molecule has 2 aromatic carbocycles. The number of phenolic OH excluding ortho intramolecular Hbond substituents is 4. The first-order valence-corrected chi connectivity index (χ1v) is 9.02. The first-order valence-electron chi connectivity index (χ1n) is 9.02. The van der Waals surface area contributed by atoms with Crippen LogP contribution in [0.25, 0.3) is 0 Å². The Morgan fingerprint density at radius 2 is 1.61 bits per heavy atom. The van der Waals surface area contributed by atoms with Crippen LogP contribution in [0, 0.1) is 0 Å². The Kier molecular flexibility index (Phi) is 6.20. The highest BCUT2D eigenvalue weighted by Gasteiger charge is 2.47. The van der Waals surface area contributed by atoms with Crippen molar-refractivity contribution in [2.75, 3.05) is 6.61 Å². The van der Waals surface area contributed by atoms with Crippen molar-refractivity contribution in [2.24, 2.45) is 0 Å². The highest BCUT2D eigenvalue weighted by Crippen LogP contribution is 2.38. The third-order valence-electron chi connectivity index (χ3n) is 4.47. The van der Waals surface area contributed by atoms with E-state index >= 15 is 0 Å². The Labute approximate surface area is 175 Å². The zero-order valence-corrected chi connectivity index (χ0v) is 16.1. The van der Waals surface area contributed by atoms with Gasteiger partial charge in [-0.15, -0.1) is 0 Å². The van der Waals surface area contributed by atoms with Crippen molar-refractivity contribution in [3.05, 3.63) is 41.5 Å². The predicted molar refractivity (Wildman–Crippen MR) is 101 cm³/mol. The number of ether oxygens (including phenoxy) is 3. The van der Waals surface area contributed by atoms with Gasteiger partial charge >= 0.3 is 5.97 Å². The fourth-order valence-corrected chi connectivity index (χ4v) is 3.19. The molecule has 1 saturated heterocycles. The Hall–Kier alpha value is -3.54. The minimum absolute atomic E-state index is 0.206. The lowest BCUT2D eigenvalue weighted by atomic mass is 10.0. The molecule has 2 aromatic rings. The first-order chi connectivity index (χ1) is 14.6. The van der Waals surface area contributed by atoms with Crippen LogP contribution >= 0.6 is 0 Å². The van der Waals surface area contributed by atoms with Crippen molar-refractivity contribution in [2.45, 2.75) is 31.5 Å². The maximum atomic E-state index is 12.9. The quantitative estimate of drug-likeness (QED) is 0.267. The van der Waals surface area contributed by atoms with Gasteiger partial charge in [-0.1, -0.05) is 0 Å². The van der Waals surface area contributed by atoms with Gasteiger partial charge in [-0.3, -0.25) is 9.59 Å². The van der Waals surface area contributed by atoms with E-state index in [1.807, 2.05) is 0 Å². The van der Waals surface area contributed by atoms with Gasteiger partial charge in [-0.25, -0.2) is 0 Å². The summed E-state index contributed by atoms with van der Waals surface area (Å²) in [4.78, 5) is 24.2. The highest BCUT2D eigenvalue weighted by atomic mass is 16.7. The number of phenols is 4. The third-order valence-corrected chi connectivity index (χ3v) is 4.47. The van der Waals surface area contributed by atoms with Crippen LogP contribution in [0.4, 0.5) is 0 Å². The summed E-state index contributed by atoms with van der Waals surface area (Å²) in [6.07, 6.45) is -5.50. The van der Waals surface area contributed by atoms with Crippen LogP contribution in [0.3, 0.4) is 0 Å². The molecule has 31 heavy (non-hydrogen) atoms. The van der Waals surface area contributed by atoms with Crippen molar-refractivity contribution in [1.29, 1.82) is 0 Å². The molecule has 1 aliphatic heterocycles. The van der Waals surface area contributed by atoms with E-state index < -0.39 is 77.3 Å². The van der Waals surface area contributed by atoms with Crippen LogP contribution in [0.5, 0.6) is 28.7 Å².